The summed E-state index contributed by atoms with van der Waals surface area (Å²) in [7, 11) is 3.51. The second-order valence-electron chi connectivity index (χ2n) is 6.31. The number of methoxy groups -OCH3 is 1. The first-order chi connectivity index (χ1) is 11.8. The summed E-state index contributed by atoms with van der Waals surface area (Å²) in [6, 6.07) is 8.09. The van der Waals surface area contributed by atoms with Crippen LogP contribution in [0, 0.1) is 0 Å². The van der Waals surface area contributed by atoms with Gasteiger partial charge in [-0.25, -0.2) is 0 Å². The van der Waals surface area contributed by atoms with Crippen LogP contribution in [-0.2, 0) is 6.54 Å². The number of rotatable bonds is 7. The lowest BCUT2D eigenvalue weighted by Gasteiger charge is -2.20. The predicted octanol–water partition coefficient (Wildman–Crippen LogP) is 2.63. The largest absolute Gasteiger partial charge is 0.497 e. The maximum absolute atomic E-state index is 5.26. The third-order valence-electron chi connectivity index (χ3n) is 4.46. The first kappa shape index (κ1) is 18.6. The summed E-state index contributed by atoms with van der Waals surface area (Å²) in [6.07, 6.45) is 6.67. The van der Waals surface area contributed by atoms with Gasteiger partial charge in [-0.3, -0.25) is 4.99 Å². The summed E-state index contributed by atoms with van der Waals surface area (Å²) in [4.78, 5) is 6.89. The van der Waals surface area contributed by atoms with Crippen LogP contribution in [0.4, 0.5) is 0 Å². The number of aliphatic imine (C=N–C) groups is 1. The van der Waals surface area contributed by atoms with E-state index in [1.165, 1.54) is 50.9 Å². The number of benzene rings is 1. The molecule has 5 nitrogen and oxygen atoms in total. The van der Waals surface area contributed by atoms with Gasteiger partial charge in [0.15, 0.2) is 5.96 Å². The summed E-state index contributed by atoms with van der Waals surface area (Å²) in [5, 5.41) is 6.76. The van der Waals surface area contributed by atoms with Crippen molar-refractivity contribution in [2.24, 2.45) is 4.99 Å². The molecule has 0 aliphatic carbocycles. The Labute approximate surface area is 146 Å². The van der Waals surface area contributed by atoms with Gasteiger partial charge in [-0.15, -0.1) is 0 Å². The van der Waals surface area contributed by atoms with Crippen molar-refractivity contribution < 1.29 is 4.74 Å². The van der Waals surface area contributed by atoms with Gasteiger partial charge < -0.3 is 20.3 Å². The molecule has 0 radical (unpaired) electrons. The third-order valence-corrected chi connectivity index (χ3v) is 4.46. The second kappa shape index (κ2) is 10.9. The molecular formula is C19H32N4O. The Morgan fingerprint density at radius 2 is 1.96 bits per heavy atom. The molecule has 0 unspecified atom stereocenters. The van der Waals surface area contributed by atoms with Gasteiger partial charge in [0, 0.05) is 20.1 Å². The van der Waals surface area contributed by atoms with Crippen LogP contribution in [0.25, 0.3) is 0 Å². The highest BCUT2D eigenvalue weighted by molar-refractivity contribution is 5.79. The Balaban J connectivity index is 1.64. The van der Waals surface area contributed by atoms with E-state index in [1.807, 2.05) is 25.2 Å². The van der Waals surface area contributed by atoms with Gasteiger partial charge in [0.1, 0.15) is 5.75 Å². The molecular weight excluding hydrogens is 300 g/mol. The van der Waals surface area contributed by atoms with E-state index in [9.17, 15) is 0 Å². The maximum Gasteiger partial charge on any atom is 0.191 e. The molecule has 0 saturated carbocycles. The van der Waals surface area contributed by atoms with Crippen LogP contribution in [0.1, 0.15) is 37.7 Å². The van der Waals surface area contributed by atoms with Crippen molar-refractivity contribution in [1.29, 1.82) is 0 Å². The highest BCUT2D eigenvalue weighted by atomic mass is 16.5. The van der Waals surface area contributed by atoms with Gasteiger partial charge in [0.25, 0.3) is 0 Å². The average Bonchev–Trinajstić information content (AvgIpc) is 2.90. The number of ether oxygens (including phenoxy) is 1. The molecule has 1 aliphatic heterocycles. The fourth-order valence-corrected chi connectivity index (χ4v) is 3.06. The van der Waals surface area contributed by atoms with Crippen LogP contribution in [-0.4, -0.2) is 51.2 Å². The van der Waals surface area contributed by atoms with Gasteiger partial charge in [-0.05, 0) is 56.6 Å². The van der Waals surface area contributed by atoms with Gasteiger partial charge in [-0.2, -0.15) is 0 Å². The summed E-state index contributed by atoms with van der Waals surface area (Å²) in [5.74, 6) is 1.74. The number of guanidine groups is 1. The second-order valence-corrected chi connectivity index (χ2v) is 6.31. The van der Waals surface area contributed by atoms with E-state index in [2.05, 4.69) is 26.6 Å². The normalized spacial score (nSPS) is 16.5. The summed E-state index contributed by atoms with van der Waals surface area (Å²) in [6.45, 7) is 5.41. The van der Waals surface area contributed by atoms with Crippen molar-refractivity contribution in [3.8, 4) is 5.75 Å². The number of hydrogen-bond donors (Lipinski definition) is 2. The van der Waals surface area contributed by atoms with Crippen LogP contribution in [0.2, 0.25) is 0 Å². The highest BCUT2D eigenvalue weighted by Gasteiger charge is 2.08. The maximum atomic E-state index is 5.26. The van der Waals surface area contributed by atoms with E-state index in [0.717, 1.165) is 31.2 Å². The Kier molecular flexibility index (Phi) is 8.46. The lowest BCUT2D eigenvalue weighted by atomic mass is 10.2. The van der Waals surface area contributed by atoms with Crippen molar-refractivity contribution >= 4 is 5.96 Å². The van der Waals surface area contributed by atoms with Crippen molar-refractivity contribution in [2.45, 2.75) is 38.6 Å². The molecule has 2 N–H and O–H groups in total. The molecule has 0 bridgehead atoms. The molecule has 1 saturated heterocycles. The molecule has 1 aromatic rings. The number of nitrogens with zero attached hydrogens (tertiary/aromatic N) is 2. The lowest BCUT2D eigenvalue weighted by molar-refractivity contribution is 0.282. The minimum Gasteiger partial charge on any atom is -0.497 e. The first-order valence-corrected chi connectivity index (χ1v) is 9.11. The number of likely N-dealkylation sites (tertiary alicyclic amines) is 1. The van der Waals surface area contributed by atoms with E-state index in [0.29, 0.717) is 0 Å². The molecule has 0 spiro atoms. The monoisotopic (exact) mass is 332 g/mol. The van der Waals surface area contributed by atoms with Crippen LogP contribution in [0.3, 0.4) is 0 Å². The number of nitrogens with one attached hydrogen (secondary N) is 2. The third kappa shape index (κ3) is 6.79. The zero-order chi connectivity index (χ0) is 17.0. The van der Waals surface area contributed by atoms with E-state index in [4.69, 9.17) is 4.74 Å². The van der Waals surface area contributed by atoms with Crippen molar-refractivity contribution in [1.82, 2.24) is 15.5 Å². The number of hydrogen-bond acceptors (Lipinski definition) is 3. The minimum atomic E-state index is 0.739. The van der Waals surface area contributed by atoms with Gasteiger partial charge in [0.2, 0.25) is 0 Å². The molecule has 2 rings (SSSR count). The molecule has 1 aromatic carbocycles. The molecule has 1 heterocycles. The zero-order valence-electron chi connectivity index (χ0n) is 15.2. The van der Waals surface area contributed by atoms with E-state index >= 15 is 0 Å². The van der Waals surface area contributed by atoms with Crippen molar-refractivity contribution in [3.63, 3.8) is 0 Å². The molecule has 0 amide bonds. The van der Waals surface area contributed by atoms with Crippen LogP contribution in [0.5, 0.6) is 5.75 Å². The van der Waals surface area contributed by atoms with Crippen molar-refractivity contribution in [2.75, 3.05) is 40.3 Å². The van der Waals surface area contributed by atoms with E-state index in [1.54, 1.807) is 7.11 Å². The molecule has 0 atom stereocenters. The van der Waals surface area contributed by atoms with Crippen LogP contribution >= 0.6 is 0 Å². The first-order valence-electron chi connectivity index (χ1n) is 9.11. The highest BCUT2D eigenvalue weighted by Crippen LogP contribution is 2.12. The van der Waals surface area contributed by atoms with E-state index < -0.39 is 0 Å². The zero-order valence-corrected chi connectivity index (χ0v) is 15.2. The smallest absolute Gasteiger partial charge is 0.191 e. The predicted molar refractivity (Wildman–Crippen MR) is 101 cm³/mol. The Hall–Kier alpha value is -1.75. The molecule has 24 heavy (non-hydrogen) atoms. The average molecular weight is 332 g/mol. The fourth-order valence-electron chi connectivity index (χ4n) is 3.06. The molecule has 5 heteroatoms. The summed E-state index contributed by atoms with van der Waals surface area (Å²) >= 11 is 0. The SMILES string of the molecule is CN=C(NCCCN1CCCCCC1)NCc1cccc(OC)c1. The topological polar surface area (TPSA) is 48.9 Å². The molecule has 1 aliphatic rings. The quantitative estimate of drug-likeness (QED) is 0.458. The van der Waals surface area contributed by atoms with Gasteiger partial charge in [-0.1, -0.05) is 25.0 Å². The Bertz CT molecular complexity index is 496. The summed E-state index contributed by atoms with van der Waals surface area (Å²) < 4.78 is 5.26. The van der Waals surface area contributed by atoms with E-state index in [-0.39, 0.29) is 0 Å². The lowest BCUT2D eigenvalue weighted by Crippen LogP contribution is -2.38. The van der Waals surface area contributed by atoms with Crippen LogP contribution in [0.15, 0.2) is 29.3 Å². The van der Waals surface area contributed by atoms with Gasteiger partial charge >= 0.3 is 0 Å². The Morgan fingerprint density at radius 3 is 2.67 bits per heavy atom. The van der Waals surface area contributed by atoms with Gasteiger partial charge in [0.05, 0.1) is 7.11 Å². The molecule has 0 aromatic heterocycles. The minimum absolute atomic E-state index is 0.739. The standard InChI is InChI=1S/C19H32N4O/c1-20-19(22-16-17-9-7-10-18(15-17)24-2)21-11-8-14-23-12-5-3-4-6-13-23/h7,9-10,15H,3-6,8,11-14,16H2,1-2H3,(H2,20,21,22). The van der Waals surface area contributed by atoms with Crippen LogP contribution < -0.4 is 15.4 Å². The molecule has 1 fully saturated rings. The summed E-state index contributed by atoms with van der Waals surface area (Å²) in [5.41, 5.74) is 1.18. The molecule has 134 valence electrons. The Morgan fingerprint density at radius 1 is 1.17 bits per heavy atom. The van der Waals surface area contributed by atoms with Crippen molar-refractivity contribution in [3.05, 3.63) is 29.8 Å². The fraction of sp³-hybridized carbons (Fsp3) is 0.632.